The number of rotatable bonds is 1. The minimum Gasteiger partial charge on any atom is -0.481 e. The molecule has 0 aromatic rings. The van der Waals surface area contributed by atoms with Crippen molar-refractivity contribution in [2.24, 2.45) is 22.2 Å². The van der Waals surface area contributed by atoms with Gasteiger partial charge in [0.2, 0.25) is 0 Å². The minimum absolute atomic E-state index is 0.0779. The van der Waals surface area contributed by atoms with Crippen LogP contribution in [0, 0.1) is 22.2 Å². The van der Waals surface area contributed by atoms with Crippen LogP contribution in [-0.4, -0.2) is 22.3 Å². The van der Waals surface area contributed by atoms with Gasteiger partial charge in [-0.15, -0.1) is 0 Å². The Hall–Kier alpha value is -0.830. The van der Waals surface area contributed by atoms with Crippen molar-refractivity contribution >= 4 is 5.97 Å². The zero-order valence-corrected chi connectivity index (χ0v) is 11.4. The van der Waals surface area contributed by atoms with E-state index in [1.54, 1.807) is 0 Å². The Morgan fingerprint density at radius 3 is 2.72 bits per heavy atom. The molecule has 0 saturated heterocycles. The molecule has 0 radical (unpaired) electrons. The van der Waals surface area contributed by atoms with Gasteiger partial charge in [-0.25, -0.2) is 0 Å². The second-order valence-electron chi connectivity index (χ2n) is 7.00. The molecule has 0 amide bonds. The molecule has 5 atom stereocenters. The number of carboxylic acid groups (broad SMARTS) is 1. The van der Waals surface area contributed by atoms with Crippen molar-refractivity contribution in [2.45, 2.75) is 52.6 Å². The predicted molar refractivity (Wildman–Crippen MR) is 68.0 cm³/mol. The Morgan fingerprint density at radius 1 is 1.44 bits per heavy atom. The first-order chi connectivity index (χ1) is 8.29. The van der Waals surface area contributed by atoms with Gasteiger partial charge >= 0.3 is 5.97 Å². The van der Waals surface area contributed by atoms with E-state index in [9.17, 15) is 15.0 Å². The van der Waals surface area contributed by atoms with E-state index in [0.717, 1.165) is 12.8 Å². The molecule has 0 aromatic heterocycles. The molecule has 3 aliphatic rings. The Kier molecular flexibility index (Phi) is 2.16. The number of allylic oxidation sites excluding steroid dienone is 2. The van der Waals surface area contributed by atoms with Gasteiger partial charge in [-0.05, 0) is 43.9 Å². The van der Waals surface area contributed by atoms with Crippen molar-refractivity contribution < 1.29 is 15.0 Å². The van der Waals surface area contributed by atoms with E-state index < -0.39 is 22.9 Å². The van der Waals surface area contributed by atoms with Gasteiger partial charge in [0.25, 0.3) is 0 Å². The Labute approximate surface area is 108 Å². The lowest BCUT2D eigenvalue weighted by atomic mass is 9.57. The van der Waals surface area contributed by atoms with Crippen LogP contribution in [-0.2, 0) is 4.79 Å². The van der Waals surface area contributed by atoms with Gasteiger partial charge in [0, 0.05) is 5.41 Å². The summed E-state index contributed by atoms with van der Waals surface area (Å²) in [6.45, 7) is 6.25. The molecule has 3 rings (SSSR count). The summed E-state index contributed by atoms with van der Waals surface area (Å²) in [5.41, 5.74) is -0.109. The molecular weight excluding hydrogens is 228 g/mol. The average molecular weight is 250 g/mol. The van der Waals surface area contributed by atoms with E-state index in [1.807, 2.05) is 6.92 Å². The fourth-order valence-electron chi connectivity index (χ4n) is 5.38. The van der Waals surface area contributed by atoms with Gasteiger partial charge in [-0.1, -0.05) is 25.5 Å². The molecule has 0 aliphatic heterocycles. The van der Waals surface area contributed by atoms with Gasteiger partial charge in [0.05, 0.1) is 11.5 Å². The van der Waals surface area contributed by atoms with Gasteiger partial charge in [-0.2, -0.15) is 0 Å². The monoisotopic (exact) mass is 250 g/mol. The molecule has 0 unspecified atom stereocenters. The van der Waals surface area contributed by atoms with E-state index in [-0.39, 0.29) is 11.3 Å². The number of hydrogen-bond donors (Lipinski definition) is 2. The SMILES string of the molecule is CC1=CC[C@@]2(C)C[C@@H]1[C@]1(C(=O)O)CC[C@@H](O)[C@]21C. The lowest BCUT2D eigenvalue weighted by molar-refractivity contribution is -0.163. The van der Waals surface area contributed by atoms with Crippen molar-refractivity contribution in [3.8, 4) is 0 Å². The van der Waals surface area contributed by atoms with Crippen LogP contribution in [0.1, 0.15) is 46.5 Å². The molecule has 3 nitrogen and oxygen atoms in total. The molecule has 0 heterocycles. The summed E-state index contributed by atoms with van der Waals surface area (Å²) in [5.74, 6) is -0.596. The summed E-state index contributed by atoms with van der Waals surface area (Å²) in [6.07, 6.45) is 4.78. The first-order valence-corrected chi connectivity index (χ1v) is 6.88. The summed E-state index contributed by atoms with van der Waals surface area (Å²) in [5, 5.41) is 20.4. The van der Waals surface area contributed by atoms with E-state index in [2.05, 4.69) is 19.9 Å². The highest BCUT2D eigenvalue weighted by molar-refractivity contribution is 5.79. The van der Waals surface area contributed by atoms with Crippen LogP contribution in [0.3, 0.4) is 0 Å². The lowest BCUT2D eigenvalue weighted by Gasteiger charge is -2.46. The molecule has 3 heteroatoms. The van der Waals surface area contributed by atoms with Crippen molar-refractivity contribution in [1.29, 1.82) is 0 Å². The highest BCUT2D eigenvalue weighted by Crippen LogP contribution is 2.76. The third kappa shape index (κ3) is 0.965. The van der Waals surface area contributed by atoms with Gasteiger partial charge < -0.3 is 10.2 Å². The van der Waals surface area contributed by atoms with Crippen LogP contribution >= 0.6 is 0 Å². The number of hydrogen-bond acceptors (Lipinski definition) is 2. The average Bonchev–Trinajstić information content (AvgIpc) is 2.67. The maximum Gasteiger partial charge on any atom is 0.310 e. The quantitative estimate of drug-likeness (QED) is 0.703. The third-order valence-electron chi connectivity index (χ3n) is 6.71. The van der Waals surface area contributed by atoms with Crippen LogP contribution in [0.4, 0.5) is 0 Å². The van der Waals surface area contributed by atoms with Crippen LogP contribution in [0.5, 0.6) is 0 Å². The first-order valence-electron chi connectivity index (χ1n) is 6.88. The third-order valence-corrected chi connectivity index (χ3v) is 6.71. The summed E-state index contributed by atoms with van der Waals surface area (Å²) in [7, 11) is 0. The lowest BCUT2D eigenvalue weighted by Crippen LogP contribution is -2.51. The molecule has 3 aliphatic carbocycles. The Morgan fingerprint density at radius 2 is 2.11 bits per heavy atom. The normalized spacial score (nSPS) is 54.1. The van der Waals surface area contributed by atoms with Crippen molar-refractivity contribution in [3.63, 3.8) is 0 Å². The molecule has 2 N–H and O–H groups in total. The zero-order valence-electron chi connectivity index (χ0n) is 11.4. The van der Waals surface area contributed by atoms with Gasteiger partial charge in [-0.3, -0.25) is 4.79 Å². The second-order valence-corrected chi connectivity index (χ2v) is 7.00. The molecule has 2 saturated carbocycles. The summed E-state index contributed by atoms with van der Waals surface area (Å²) >= 11 is 0. The van der Waals surface area contributed by atoms with Gasteiger partial charge in [0.15, 0.2) is 0 Å². The van der Waals surface area contributed by atoms with E-state index in [1.165, 1.54) is 5.57 Å². The second kappa shape index (κ2) is 3.19. The standard InChI is InChI=1S/C15H22O3/c1-9-4-6-13(2)8-10(9)15(12(17)18)7-5-11(16)14(13,15)3/h4,10-11,16H,5-8H2,1-3H3,(H,17,18)/t10-,11+,13-,14+,15-/m0/s1. The molecule has 2 bridgehead atoms. The van der Waals surface area contributed by atoms with E-state index >= 15 is 0 Å². The number of aliphatic hydroxyl groups is 1. The highest BCUT2D eigenvalue weighted by Gasteiger charge is 2.76. The number of carboxylic acids is 1. The molecule has 100 valence electrons. The first kappa shape index (κ1) is 12.2. The molecule has 0 aromatic carbocycles. The van der Waals surface area contributed by atoms with Crippen molar-refractivity contribution in [1.82, 2.24) is 0 Å². The topological polar surface area (TPSA) is 57.5 Å². The van der Waals surface area contributed by atoms with Crippen molar-refractivity contribution in [2.75, 3.05) is 0 Å². The summed E-state index contributed by atoms with van der Waals surface area (Å²) in [6, 6.07) is 0. The van der Waals surface area contributed by atoms with E-state index in [0.29, 0.717) is 12.8 Å². The van der Waals surface area contributed by atoms with Crippen LogP contribution in [0.15, 0.2) is 11.6 Å². The Bertz CT molecular complexity index is 455. The number of aliphatic carboxylic acids is 1. The fraction of sp³-hybridized carbons (Fsp3) is 0.800. The number of carbonyl (C=O) groups is 1. The fourth-order valence-corrected chi connectivity index (χ4v) is 5.38. The smallest absolute Gasteiger partial charge is 0.310 e. The molecule has 18 heavy (non-hydrogen) atoms. The molecule has 0 spiro atoms. The maximum atomic E-state index is 12.0. The number of fused-ring (bicyclic) bond motifs is 5. The maximum absolute atomic E-state index is 12.0. The van der Waals surface area contributed by atoms with Gasteiger partial charge in [0.1, 0.15) is 0 Å². The summed E-state index contributed by atoms with van der Waals surface area (Å²) < 4.78 is 0. The predicted octanol–water partition coefficient (Wildman–Crippen LogP) is 2.59. The largest absolute Gasteiger partial charge is 0.481 e. The van der Waals surface area contributed by atoms with Crippen LogP contribution < -0.4 is 0 Å². The van der Waals surface area contributed by atoms with Crippen LogP contribution in [0.25, 0.3) is 0 Å². The molecule has 2 fully saturated rings. The number of aliphatic hydroxyl groups excluding tert-OH is 1. The van der Waals surface area contributed by atoms with Crippen LogP contribution in [0.2, 0.25) is 0 Å². The molecular formula is C15H22O3. The summed E-state index contributed by atoms with van der Waals surface area (Å²) in [4.78, 5) is 12.0. The highest BCUT2D eigenvalue weighted by atomic mass is 16.4. The Balaban J connectivity index is 2.27. The zero-order chi connectivity index (χ0) is 13.3. The minimum atomic E-state index is -0.752. The van der Waals surface area contributed by atoms with E-state index in [4.69, 9.17) is 0 Å². The van der Waals surface area contributed by atoms with Crippen molar-refractivity contribution in [3.05, 3.63) is 11.6 Å².